The first-order valence-electron chi connectivity index (χ1n) is 9.79. The van der Waals surface area contributed by atoms with Gasteiger partial charge in [0.05, 0.1) is 11.6 Å². The van der Waals surface area contributed by atoms with E-state index in [0.717, 1.165) is 10.0 Å². The third-order valence-electron chi connectivity index (χ3n) is 5.33. The minimum Gasteiger partial charge on any atom is -0.507 e. The molecule has 1 atom stereocenters. The summed E-state index contributed by atoms with van der Waals surface area (Å²) in [4.78, 5) is 27.4. The Morgan fingerprint density at radius 2 is 1.58 bits per heavy atom. The fraction of sp³-hybridized carbons (Fsp3) is 0.120. The van der Waals surface area contributed by atoms with E-state index in [-0.39, 0.29) is 16.9 Å². The van der Waals surface area contributed by atoms with Crippen LogP contribution in [0.2, 0.25) is 0 Å². The van der Waals surface area contributed by atoms with Crippen molar-refractivity contribution in [2.45, 2.75) is 12.5 Å². The Hall–Kier alpha value is -3.25. The van der Waals surface area contributed by atoms with Gasteiger partial charge in [0.1, 0.15) is 11.6 Å². The lowest BCUT2D eigenvalue weighted by Gasteiger charge is -2.25. The third kappa shape index (κ3) is 4.30. The Labute approximate surface area is 187 Å². The maximum atomic E-state index is 13.3. The van der Waals surface area contributed by atoms with Gasteiger partial charge in [-0.1, -0.05) is 58.4 Å². The number of aliphatic hydroxyl groups is 1. The van der Waals surface area contributed by atoms with Crippen LogP contribution in [0.3, 0.4) is 0 Å². The van der Waals surface area contributed by atoms with E-state index >= 15 is 0 Å². The minimum absolute atomic E-state index is 0.00647. The maximum Gasteiger partial charge on any atom is 0.295 e. The largest absolute Gasteiger partial charge is 0.507 e. The summed E-state index contributed by atoms with van der Waals surface area (Å²) in [6, 6.07) is 21.4. The quantitative estimate of drug-likeness (QED) is 0.308. The van der Waals surface area contributed by atoms with Crippen molar-refractivity contribution < 1.29 is 19.1 Å². The number of rotatable bonds is 5. The van der Waals surface area contributed by atoms with Crippen molar-refractivity contribution in [3.8, 4) is 0 Å². The monoisotopic (exact) mass is 479 g/mol. The van der Waals surface area contributed by atoms with E-state index in [0.29, 0.717) is 18.5 Å². The van der Waals surface area contributed by atoms with Crippen LogP contribution in [0.15, 0.2) is 88.9 Å². The zero-order valence-corrected chi connectivity index (χ0v) is 18.0. The summed E-state index contributed by atoms with van der Waals surface area (Å²) < 4.78 is 14.2. The van der Waals surface area contributed by atoms with Gasteiger partial charge in [0.25, 0.3) is 11.7 Å². The highest BCUT2D eigenvalue weighted by Gasteiger charge is 2.45. The van der Waals surface area contributed by atoms with Crippen LogP contribution < -0.4 is 0 Å². The Balaban J connectivity index is 1.78. The summed E-state index contributed by atoms with van der Waals surface area (Å²) in [5.74, 6) is -2.17. The molecule has 1 amide bonds. The number of halogens is 2. The van der Waals surface area contributed by atoms with Crippen molar-refractivity contribution in [3.05, 3.63) is 111 Å². The number of Topliss-reactive ketones (excluding diaryl/α,β-unsaturated/α-hetero) is 1. The number of nitrogens with zero attached hydrogens (tertiary/aromatic N) is 1. The zero-order valence-electron chi connectivity index (χ0n) is 16.5. The summed E-state index contributed by atoms with van der Waals surface area (Å²) in [5, 5.41) is 10.9. The second-order valence-electron chi connectivity index (χ2n) is 7.29. The molecule has 0 aliphatic carbocycles. The van der Waals surface area contributed by atoms with Gasteiger partial charge < -0.3 is 10.0 Å². The van der Waals surface area contributed by atoms with Gasteiger partial charge in [0.15, 0.2) is 0 Å². The molecule has 1 fully saturated rings. The molecular formula is C25H19BrFNO3. The molecule has 0 radical (unpaired) electrons. The zero-order chi connectivity index (χ0) is 22.0. The number of amides is 1. The van der Waals surface area contributed by atoms with E-state index in [2.05, 4.69) is 15.9 Å². The average molecular weight is 480 g/mol. The lowest BCUT2D eigenvalue weighted by atomic mass is 9.95. The molecule has 1 unspecified atom stereocenters. The predicted octanol–water partition coefficient (Wildman–Crippen LogP) is 5.25. The number of hydrogen-bond acceptors (Lipinski definition) is 3. The van der Waals surface area contributed by atoms with Crippen molar-refractivity contribution in [1.29, 1.82) is 0 Å². The number of carbonyl (C=O) groups excluding carboxylic acids is 2. The Morgan fingerprint density at radius 1 is 0.935 bits per heavy atom. The molecular weight excluding hydrogens is 461 g/mol. The van der Waals surface area contributed by atoms with Gasteiger partial charge in [0, 0.05) is 16.6 Å². The fourth-order valence-corrected chi connectivity index (χ4v) is 4.02. The molecule has 4 nitrogen and oxygen atoms in total. The van der Waals surface area contributed by atoms with Gasteiger partial charge in [-0.05, 0) is 53.9 Å². The predicted molar refractivity (Wildman–Crippen MR) is 120 cm³/mol. The standard InChI is InChI=1S/C25H19BrFNO3/c26-19-10-6-17(7-11-19)22-21(23(29)18-8-12-20(27)13-9-18)24(30)25(31)28(22)15-14-16-4-2-1-3-5-16/h1-13,22,29H,14-15H2/b23-21+. The fourth-order valence-electron chi connectivity index (χ4n) is 3.76. The summed E-state index contributed by atoms with van der Waals surface area (Å²) in [6.45, 7) is 0.315. The van der Waals surface area contributed by atoms with E-state index in [1.807, 2.05) is 54.6 Å². The molecule has 3 aromatic carbocycles. The Bertz CT molecular complexity index is 1140. The number of ketones is 1. The molecule has 1 heterocycles. The maximum absolute atomic E-state index is 13.3. The summed E-state index contributed by atoms with van der Waals surface area (Å²) >= 11 is 3.40. The number of carbonyl (C=O) groups is 2. The second kappa shape index (κ2) is 8.86. The van der Waals surface area contributed by atoms with Crippen LogP contribution in [0.4, 0.5) is 4.39 Å². The van der Waals surface area contributed by atoms with Crippen LogP contribution >= 0.6 is 15.9 Å². The second-order valence-corrected chi connectivity index (χ2v) is 8.20. The number of benzene rings is 3. The normalized spacial score (nSPS) is 17.9. The van der Waals surface area contributed by atoms with Crippen LogP contribution in [0.1, 0.15) is 22.7 Å². The Morgan fingerprint density at radius 3 is 2.23 bits per heavy atom. The van der Waals surface area contributed by atoms with E-state index in [4.69, 9.17) is 0 Å². The van der Waals surface area contributed by atoms with Gasteiger partial charge in [-0.15, -0.1) is 0 Å². The van der Waals surface area contributed by atoms with Crippen LogP contribution in [-0.4, -0.2) is 28.2 Å². The first-order valence-corrected chi connectivity index (χ1v) is 10.6. The molecule has 1 saturated heterocycles. The van der Waals surface area contributed by atoms with Gasteiger partial charge in [-0.3, -0.25) is 9.59 Å². The molecule has 6 heteroatoms. The average Bonchev–Trinajstić information content (AvgIpc) is 3.04. The third-order valence-corrected chi connectivity index (χ3v) is 5.86. The first-order chi connectivity index (χ1) is 15.0. The molecule has 1 aliphatic rings. The van der Waals surface area contributed by atoms with Gasteiger partial charge in [-0.25, -0.2) is 4.39 Å². The summed E-state index contributed by atoms with van der Waals surface area (Å²) in [6.07, 6.45) is 0.567. The highest BCUT2D eigenvalue weighted by molar-refractivity contribution is 9.10. The topological polar surface area (TPSA) is 57.6 Å². The molecule has 4 rings (SSSR count). The van der Waals surface area contributed by atoms with Crippen molar-refractivity contribution >= 4 is 33.4 Å². The molecule has 0 spiro atoms. The first kappa shape index (κ1) is 21.0. The van der Waals surface area contributed by atoms with Gasteiger partial charge in [-0.2, -0.15) is 0 Å². The molecule has 156 valence electrons. The molecule has 0 aromatic heterocycles. The summed E-state index contributed by atoms with van der Waals surface area (Å²) in [5.41, 5.74) is 2.04. The van der Waals surface area contributed by atoms with Crippen molar-refractivity contribution in [2.75, 3.05) is 6.54 Å². The molecule has 1 aliphatic heterocycles. The van der Waals surface area contributed by atoms with E-state index in [9.17, 15) is 19.1 Å². The van der Waals surface area contributed by atoms with Crippen LogP contribution in [0, 0.1) is 5.82 Å². The van der Waals surface area contributed by atoms with Crippen molar-refractivity contribution in [2.24, 2.45) is 0 Å². The lowest BCUT2D eigenvalue weighted by molar-refractivity contribution is -0.139. The molecule has 0 saturated carbocycles. The highest BCUT2D eigenvalue weighted by Crippen LogP contribution is 2.39. The number of aliphatic hydroxyl groups excluding tert-OH is 1. The van der Waals surface area contributed by atoms with Crippen molar-refractivity contribution in [3.63, 3.8) is 0 Å². The number of hydrogen-bond donors (Lipinski definition) is 1. The molecule has 31 heavy (non-hydrogen) atoms. The van der Waals surface area contributed by atoms with E-state index in [1.54, 1.807) is 0 Å². The van der Waals surface area contributed by atoms with Crippen molar-refractivity contribution in [1.82, 2.24) is 4.90 Å². The van der Waals surface area contributed by atoms with Crippen LogP contribution in [-0.2, 0) is 16.0 Å². The van der Waals surface area contributed by atoms with Crippen LogP contribution in [0.5, 0.6) is 0 Å². The lowest BCUT2D eigenvalue weighted by Crippen LogP contribution is -2.31. The smallest absolute Gasteiger partial charge is 0.295 e. The minimum atomic E-state index is -0.747. The van der Waals surface area contributed by atoms with Crippen LogP contribution in [0.25, 0.3) is 5.76 Å². The number of likely N-dealkylation sites (tertiary alicyclic amines) is 1. The molecule has 0 bridgehead atoms. The molecule has 1 N–H and O–H groups in total. The van der Waals surface area contributed by atoms with E-state index < -0.39 is 23.5 Å². The highest BCUT2D eigenvalue weighted by atomic mass is 79.9. The SMILES string of the molecule is O=C1C(=O)N(CCc2ccccc2)C(c2ccc(Br)cc2)/C1=C(\O)c1ccc(F)cc1. The molecule has 3 aromatic rings. The van der Waals surface area contributed by atoms with Gasteiger partial charge in [0.2, 0.25) is 0 Å². The Kier molecular flexibility index (Phi) is 6.00. The van der Waals surface area contributed by atoms with Gasteiger partial charge >= 0.3 is 0 Å². The van der Waals surface area contributed by atoms with E-state index in [1.165, 1.54) is 29.2 Å². The summed E-state index contributed by atoms with van der Waals surface area (Å²) in [7, 11) is 0.